The number of unbranched alkanes of at least 4 members (excludes halogenated alkanes) is 2. The molecule has 0 radical (unpaired) electrons. The number of nitrogens with one attached hydrogen (secondary N) is 1. The van der Waals surface area contributed by atoms with E-state index in [1.807, 2.05) is 6.92 Å². The average Bonchev–Trinajstić information content (AvgIpc) is 2.31. The summed E-state index contributed by atoms with van der Waals surface area (Å²) in [4.78, 5) is 22.2. The summed E-state index contributed by atoms with van der Waals surface area (Å²) in [6.07, 6.45) is 3.16. The van der Waals surface area contributed by atoms with Gasteiger partial charge in [0.2, 0.25) is 5.91 Å². The number of hydrogen-bond donors (Lipinski definition) is 2. The van der Waals surface area contributed by atoms with E-state index in [-0.39, 0.29) is 5.91 Å². The lowest BCUT2D eigenvalue weighted by Crippen LogP contribution is -2.12. The summed E-state index contributed by atoms with van der Waals surface area (Å²) in [5.74, 6) is -2.35. The van der Waals surface area contributed by atoms with Crippen LogP contribution in [0.1, 0.15) is 43.0 Å². The van der Waals surface area contributed by atoms with Crippen molar-refractivity contribution in [2.75, 3.05) is 5.32 Å². The van der Waals surface area contributed by atoms with Crippen LogP contribution in [-0.4, -0.2) is 17.0 Å². The minimum Gasteiger partial charge on any atom is -0.478 e. The highest BCUT2D eigenvalue weighted by molar-refractivity contribution is 5.94. The van der Waals surface area contributed by atoms with Gasteiger partial charge in [-0.25, -0.2) is 9.18 Å². The predicted molar refractivity (Wildman–Crippen MR) is 66.1 cm³/mol. The van der Waals surface area contributed by atoms with E-state index in [1.165, 1.54) is 6.07 Å². The van der Waals surface area contributed by atoms with E-state index in [9.17, 15) is 14.0 Å². The molecule has 1 rings (SSSR count). The summed E-state index contributed by atoms with van der Waals surface area (Å²) in [5.41, 5.74) is -0.142. The molecule has 5 heteroatoms. The minimum atomic E-state index is -1.35. The average molecular weight is 253 g/mol. The monoisotopic (exact) mass is 253 g/mol. The van der Waals surface area contributed by atoms with Gasteiger partial charge in [0.1, 0.15) is 5.82 Å². The molecule has 0 aliphatic rings. The van der Waals surface area contributed by atoms with Gasteiger partial charge < -0.3 is 10.4 Å². The van der Waals surface area contributed by atoms with E-state index >= 15 is 0 Å². The van der Waals surface area contributed by atoms with Gasteiger partial charge >= 0.3 is 5.97 Å². The lowest BCUT2D eigenvalue weighted by atomic mass is 10.1. The largest absolute Gasteiger partial charge is 0.478 e. The molecule has 98 valence electrons. The first-order valence-electron chi connectivity index (χ1n) is 5.87. The summed E-state index contributed by atoms with van der Waals surface area (Å²) in [5, 5.41) is 11.3. The second-order valence-electron chi connectivity index (χ2n) is 4.01. The molecular weight excluding hydrogens is 237 g/mol. The highest BCUT2D eigenvalue weighted by atomic mass is 19.1. The number of hydrogen-bond acceptors (Lipinski definition) is 2. The van der Waals surface area contributed by atoms with Crippen LogP contribution in [0.3, 0.4) is 0 Å². The Morgan fingerprint density at radius 1 is 1.33 bits per heavy atom. The summed E-state index contributed by atoms with van der Waals surface area (Å²) in [7, 11) is 0. The standard InChI is InChI=1S/C13H16FNO3/c1-2-3-4-5-12(16)15-9-6-7-11(14)10(8-9)13(17)18/h6-8H,2-5H2,1H3,(H,15,16)(H,17,18). The van der Waals surface area contributed by atoms with Gasteiger partial charge in [-0.15, -0.1) is 0 Å². The first kappa shape index (κ1) is 14.2. The number of carboxylic acid groups (broad SMARTS) is 1. The highest BCUT2D eigenvalue weighted by Gasteiger charge is 2.11. The Balaban J connectivity index is 2.65. The van der Waals surface area contributed by atoms with Crippen molar-refractivity contribution in [3.63, 3.8) is 0 Å². The number of halogens is 1. The van der Waals surface area contributed by atoms with Gasteiger partial charge in [0.15, 0.2) is 0 Å². The minimum absolute atomic E-state index is 0.189. The quantitative estimate of drug-likeness (QED) is 0.766. The fourth-order valence-corrected chi connectivity index (χ4v) is 1.53. The number of rotatable bonds is 6. The molecule has 0 aliphatic carbocycles. The third-order valence-electron chi connectivity index (χ3n) is 2.49. The van der Waals surface area contributed by atoms with Crippen LogP contribution in [0, 0.1) is 5.82 Å². The van der Waals surface area contributed by atoms with Gasteiger partial charge in [0.25, 0.3) is 0 Å². The van der Waals surface area contributed by atoms with Crippen LogP contribution in [0.15, 0.2) is 18.2 Å². The Kier molecular flexibility index (Phi) is 5.30. The van der Waals surface area contributed by atoms with Crippen LogP contribution in [0.5, 0.6) is 0 Å². The molecule has 18 heavy (non-hydrogen) atoms. The normalized spacial score (nSPS) is 10.1. The number of carbonyl (C=O) groups is 2. The van der Waals surface area contributed by atoms with E-state index in [4.69, 9.17) is 5.11 Å². The number of benzene rings is 1. The molecule has 2 N–H and O–H groups in total. The van der Waals surface area contributed by atoms with Crippen molar-refractivity contribution in [1.29, 1.82) is 0 Å². The van der Waals surface area contributed by atoms with E-state index in [1.54, 1.807) is 0 Å². The molecule has 0 saturated carbocycles. The Morgan fingerprint density at radius 2 is 2.06 bits per heavy atom. The maximum Gasteiger partial charge on any atom is 0.338 e. The second-order valence-corrected chi connectivity index (χ2v) is 4.01. The van der Waals surface area contributed by atoms with E-state index in [2.05, 4.69) is 5.32 Å². The van der Waals surface area contributed by atoms with E-state index < -0.39 is 17.3 Å². The molecule has 0 heterocycles. The fourth-order valence-electron chi connectivity index (χ4n) is 1.53. The van der Waals surface area contributed by atoms with Crippen LogP contribution in [0.4, 0.5) is 10.1 Å². The molecule has 0 saturated heterocycles. The Bertz CT molecular complexity index is 446. The Morgan fingerprint density at radius 3 is 2.67 bits per heavy atom. The van der Waals surface area contributed by atoms with Crippen LogP contribution in [0.25, 0.3) is 0 Å². The van der Waals surface area contributed by atoms with Crippen LogP contribution >= 0.6 is 0 Å². The topological polar surface area (TPSA) is 66.4 Å². The molecule has 1 amide bonds. The van der Waals surface area contributed by atoms with Gasteiger partial charge in [-0.1, -0.05) is 19.8 Å². The maximum absolute atomic E-state index is 13.1. The molecule has 0 unspecified atom stereocenters. The van der Waals surface area contributed by atoms with Crippen LogP contribution in [0.2, 0.25) is 0 Å². The third kappa shape index (κ3) is 4.16. The van der Waals surface area contributed by atoms with Gasteiger partial charge in [-0.3, -0.25) is 4.79 Å². The highest BCUT2D eigenvalue weighted by Crippen LogP contribution is 2.15. The molecule has 1 aromatic rings. The van der Waals surface area contributed by atoms with Crippen molar-refractivity contribution in [3.8, 4) is 0 Å². The summed E-state index contributed by atoms with van der Waals surface area (Å²) in [6.45, 7) is 2.04. The zero-order chi connectivity index (χ0) is 13.5. The van der Waals surface area contributed by atoms with E-state index in [0.29, 0.717) is 12.1 Å². The van der Waals surface area contributed by atoms with Crippen molar-refractivity contribution in [2.24, 2.45) is 0 Å². The predicted octanol–water partition coefficient (Wildman–Crippen LogP) is 3.04. The lowest BCUT2D eigenvalue weighted by Gasteiger charge is -2.06. The van der Waals surface area contributed by atoms with Crippen molar-refractivity contribution >= 4 is 17.6 Å². The Labute approximate surface area is 105 Å². The van der Waals surface area contributed by atoms with Crippen molar-refractivity contribution in [3.05, 3.63) is 29.6 Å². The van der Waals surface area contributed by atoms with E-state index in [0.717, 1.165) is 31.4 Å². The van der Waals surface area contributed by atoms with Gasteiger partial charge in [0.05, 0.1) is 5.56 Å². The smallest absolute Gasteiger partial charge is 0.338 e. The van der Waals surface area contributed by atoms with Crippen molar-refractivity contribution in [1.82, 2.24) is 0 Å². The first-order valence-corrected chi connectivity index (χ1v) is 5.87. The number of amides is 1. The molecule has 0 aliphatic heterocycles. The summed E-state index contributed by atoms with van der Waals surface area (Å²) < 4.78 is 13.1. The third-order valence-corrected chi connectivity index (χ3v) is 2.49. The fraction of sp³-hybridized carbons (Fsp3) is 0.385. The Hall–Kier alpha value is -1.91. The molecule has 1 aromatic carbocycles. The molecule has 4 nitrogen and oxygen atoms in total. The molecule has 0 bridgehead atoms. The molecule has 0 atom stereocenters. The number of carboxylic acids is 1. The van der Waals surface area contributed by atoms with Crippen LogP contribution in [-0.2, 0) is 4.79 Å². The summed E-state index contributed by atoms with van der Waals surface area (Å²) in [6, 6.07) is 3.50. The van der Waals surface area contributed by atoms with Crippen molar-refractivity contribution < 1.29 is 19.1 Å². The molecule has 0 fully saturated rings. The molecule has 0 spiro atoms. The number of aromatic carboxylic acids is 1. The zero-order valence-electron chi connectivity index (χ0n) is 10.2. The number of carbonyl (C=O) groups excluding carboxylic acids is 1. The first-order chi connectivity index (χ1) is 8.54. The van der Waals surface area contributed by atoms with Crippen LogP contribution < -0.4 is 5.32 Å². The zero-order valence-corrected chi connectivity index (χ0v) is 10.2. The lowest BCUT2D eigenvalue weighted by molar-refractivity contribution is -0.116. The molecule has 0 aromatic heterocycles. The van der Waals surface area contributed by atoms with Crippen molar-refractivity contribution in [2.45, 2.75) is 32.6 Å². The van der Waals surface area contributed by atoms with Gasteiger partial charge in [-0.2, -0.15) is 0 Å². The van der Waals surface area contributed by atoms with Gasteiger partial charge in [-0.05, 0) is 24.6 Å². The summed E-state index contributed by atoms with van der Waals surface area (Å²) >= 11 is 0. The second kappa shape index (κ2) is 6.74. The SMILES string of the molecule is CCCCCC(=O)Nc1ccc(F)c(C(=O)O)c1. The number of anilines is 1. The van der Waals surface area contributed by atoms with Gasteiger partial charge in [0, 0.05) is 12.1 Å². The molecular formula is C13H16FNO3. The maximum atomic E-state index is 13.1.